The van der Waals surface area contributed by atoms with Gasteiger partial charge < -0.3 is 19.7 Å². The van der Waals surface area contributed by atoms with E-state index in [4.69, 9.17) is 9.72 Å². The summed E-state index contributed by atoms with van der Waals surface area (Å²) in [5.41, 5.74) is 5.47. The van der Waals surface area contributed by atoms with Crippen LogP contribution in [-0.2, 0) is 6.61 Å². The van der Waals surface area contributed by atoms with Gasteiger partial charge in [-0.15, -0.1) is 0 Å². The van der Waals surface area contributed by atoms with Gasteiger partial charge in [-0.3, -0.25) is 4.90 Å². The average Bonchev–Trinajstić information content (AvgIpc) is 3.67. The highest BCUT2D eigenvalue weighted by atomic mass is 127. The molecule has 0 unspecified atom stereocenters. The quantitative estimate of drug-likeness (QED) is 0.156. The molecule has 0 bridgehead atoms. The van der Waals surface area contributed by atoms with Gasteiger partial charge in [-0.25, -0.2) is 19.0 Å². The first-order valence-corrected chi connectivity index (χ1v) is 16.6. The number of halogens is 2. The van der Waals surface area contributed by atoms with Gasteiger partial charge in [0.25, 0.3) is 0 Å². The van der Waals surface area contributed by atoms with E-state index < -0.39 is 11.8 Å². The van der Waals surface area contributed by atoms with Gasteiger partial charge in [0.2, 0.25) is 0 Å². The number of urea groups is 1. The van der Waals surface area contributed by atoms with Crippen molar-refractivity contribution in [1.29, 1.82) is 0 Å². The summed E-state index contributed by atoms with van der Waals surface area (Å²) in [4.78, 5) is 30.5. The molecule has 2 N–H and O–H groups in total. The zero-order chi connectivity index (χ0) is 31.8. The Kier molecular flexibility index (Phi) is 8.37. The number of nitrogens with one attached hydrogen (secondary N) is 1. The third-order valence-corrected chi connectivity index (χ3v) is 9.58. The number of imidazole rings is 1. The predicted octanol–water partition coefficient (Wildman–Crippen LogP) is 8.43. The molecule has 5 aromatic rings. The number of hydrogen-bond donors (Lipinski definition) is 2. The highest BCUT2D eigenvalue weighted by Gasteiger charge is 2.25. The maximum atomic E-state index is 16.0. The molecule has 10 heteroatoms. The summed E-state index contributed by atoms with van der Waals surface area (Å²) < 4.78 is 25.4. The fourth-order valence-corrected chi connectivity index (χ4v) is 6.91. The van der Waals surface area contributed by atoms with Gasteiger partial charge in [-0.2, -0.15) is 0 Å². The number of ether oxygens (including phenoxy) is 1. The number of aromatic carboxylic acids is 1. The lowest BCUT2D eigenvalue weighted by Crippen LogP contribution is -2.27. The molecule has 2 heterocycles. The van der Waals surface area contributed by atoms with Crippen molar-refractivity contribution >= 4 is 51.3 Å². The third-order valence-electron chi connectivity index (χ3n) is 8.86. The molecule has 2 aliphatic rings. The van der Waals surface area contributed by atoms with Crippen molar-refractivity contribution in [1.82, 2.24) is 14.9 Å². The minimum atomic E-state index is -1.03. The van der Waals surface area contributed by atoms with Crippen LogP contribution in [0.5, 0.6) is 5.75 Å². The molecule has 1 saturated heterocycles. The van der Waals surface area contributed by atoms with Crippen LogP contribution in [0.25, 0.3) is 33.5 Å². The van der Waals surface area contributed by atoms with Gasteiger partial charge in [-0.1, -0.05) is 37.5 Å². The highest BCUT2D eigenvalue weighted by Crippen LogP contribution is 2.38. The molecule has 1 aromatic heterocycles. The Balaban J connectivity index is 1.21. The summed E-state index contributed by atoms with van der Waals surface area (Å²) in [6.45, 7) is 1.34. The summed E-state index contributed by atoms with van der Waals surface area (Å²) in [6.07, 6.45) is 5.26. The summed E-state index contributed by atoms with van der Waals surface area (Å²) in [5, 5.41) is 12.4. The van der Waals surface area contributed by atoms with E-state index in [1.165, 1.54) is 12.5 Å². The standard InChI is InChI=1S/C36H32FIN4O4/c37-31-20-28(46-21-24-18-27(41-17-16-39-36(41)45)11-13-29(24)22-6-9-25(38)10-7-22)12-14-30(31)34-40-32-19-23(35(43)44)8-15-33(32)42(34)26-4-2-1-3-5-26/h6-15,18-20,26H,1-5,16-17,21H2,(H,39,45)(H,43,44). The molecule has 0 atom stereocenters. The Morgan fingerprint density at radius 1 is 0.978 bits per heavy atom. The Bertz CT molecular complexity index is 1950. The molecule has 8 nitrogen and oxygen atoms in total. The molecule has 1 aliphatic heterocycles. The van der Waals surface area contributed by atoms with E-state index in [9.17, 15) is 14.7 Å². The fourth-order valence-electron chi connectivity index (χ4n) is 6.56. The van der Waals surface area contributed by atoms with E-state index in [1.807, 2.05) is 30.3 Å². The monoisotopic (exact) mass is 730 g/mol. The van der Waals surface area contributed by atoms with E-state index in [-0.39, 0.29) is 24.2 Å². The maximum Gasteiger partial charge on any atom is 0.335 e. The van der Waals surface area contributed by atoms with Gasteiger partial charge in [0.1, 0.15) is 24.0 Å². The number of carbonyl (C=O) groups is 2. The zero-order valence-corrected chi connectivity index (χ0v) is 27.2. The van der Waals surface area contributed by atoms with Gasteiger partial charge in [0.05, 0.1) is 22.2 Å². The molecule has 2 amide bonds. The molecule has 0 radical (unpaired) electrons. The van der Waals surface area contributed by atoms with Crippen molar-refractivity contribution in [3.05, 3.63) is 99.4 Å². The molecular weight excluding hydrogens is 698 g/mol. The number of nitrogens with zero attached hydrogens (tertiary/aromatic N) is 3. The normalized spacial score (nSPS) is 15.3. The number of carbonyl (C=O) groups excluding carboxylic acids is 1. The molecule has 234 valence electrons. The summed E-state index contributed by atoms with van der Waals surface area (Å²) in [6, 6.07) is 23.8. The van der Waals surface area contributed by atoms with Crippen molar-refractivity contribution in [3.63, 3.8) is 0 Å². The van der Waals surface area contributed by atoms with Gasteiger partial charge in [0, 0.05) is 34.5 Å². The molecule has 46 heavy (non-hydrogen) atoms. The summed E-state index contributed by atoms with van der Waals surface area (Å²) >= 11 is 2.27. The first kappa shape index (κ1) is 30.2. The van der Waals surface area contributed by atoms with E-state index in [0.29, 0.717) is 35.7 Å². The van der Waals surface area contributed by atoms with Crippen molar-refractivity contribution in [2.75, 3.05) is 18.0 Å². The van der Waals surface area contributed by atoms with Crippen LogP contribution in [0.4, 0.5) is 14.9 Å². The first-order valence-electron chi connectivity index (χ1n) is 15.5. The second-order valence-electron chi connectivity index (χ2n) is 11.8. The Morgan fingerprint density at radius 2 is 1.76 bits per heavy atom. The van der Waals surface area contributed by atoms with Crippen LogP contribution in [0.2, 0.25) is 0 Å². The second kappa shape index (κ2) is 12.7. The van der Waals surface area contributed by atoms with Crippen LogP contribution in [-0.4, -0.2) is 39.7 Å². The fraction of sp³-hybridized carbons (Fsp3) is 0.250. The zero-order valence-electron chi connectivity index (χ0n) is 25.0. The van der Waals surface area contributed by atoms with Crippen molar-refractivity contribution in [2.45, 2.75) is 44.8 Å². The van der Waals surface area contributed by atoms with Crippen LogP contribution < -0.4 is 15.0 Å². The second-order valence-corrected chi connectivity index (χ2v) is 13.0. The lowest BCUT2D eigenvalue weighted by Gasteiger charge is -2.25. The number of anilines is 1. The predicted molar refractivity (Wildman–Crippen MR) is 184 cm³/mol. The van der Waals surface area contributed by atoms with Crippen molar-refractivity contribution in [3.8, 4) is 28.3 Å². The van der Waals surface area contributed by atoms with Crippen LogP contribution >= 0.6 is 22.6 Å². The van der Waals surface area contributed by atoms with Gasteiger partial charge in [0.15, 0.2) is 0 Å². The summed E-state index contributed by atoms with van der Waals surface area (Å²) in [5.74, 6) is -0.634. The van der Waals surface area contributed by atoms with Crippen molar-refractivity contribution in [2.24, 2.45) is 0 Å². The van der Waals surface area contributed by atoms with Crippen LogP contribution in [0.3, 0.4) is 0 Å². The number of fused-ring (bicyclic) bond motifs is 1. The van der Waals surface area contributed by atoms with Crippen LogP contribution in [0.15, 0.2) is 78.9 Å². The molecule has 1 aliphatic carbocycles. The number of amides is 2. The number of hydrogen-bond acceptors (Lipinski definition) is 4. The molecule has 1 saturated carbocycles. The highest BCUT2D eigenvalue weighted by molar-refractivity contribution is 14.1. The van der Waals surface area contributed by atoms with Gasteiger partial charge >= 0.3 is 12.0 Å². The number of aromatic nitrogens is 2. The number of benzene rings is 4. The topological polar surface area (TPSA) is 96.7 Å². The SMILES string of the molecule is O=C(O)c1ccc2c(c1)nc(-c1ccc(OCc3cc(N4CCNC4=O)ccc3-c3ccc(I)cc3)cc1F)n2C1CCCCC1. The van der Waals surface area contributed by atoms with Crippen LogP contribution in [0, 0.1) is 9.39 Å². The Labute approximate surface area is 279 Å². The molecular formula is C36H32FIN4O4. The molecule has 4 aromatic carbocycles. The van der Waals surface area contributed by atoms with E-state index in [1.54, 1.807) is 35.2 Å². The smallest absolute Gasteiger partial charge is 0.335 e. The van der Waals surface area contributed by atoms with Crippen molar-refractivity contribution < 1.29 is 23.8 Å². The third kappa shape index (κ3) is 5.93. The van der Waals surface area contributed by atoms with E-state index in [2.05, 4.69) is 44.6 Å². The van der Waals surface area contributed by atoms with E-state index >= 15 is 4.39 Å². The van der Waals surface area contributed by atoms with Crippen LogP contribution in [0.1, 0.15) is 54.1 Å². The lowest BCUT2D eigenvalue weighted by atomic mass is 9.94. The lowest BCUT2D eigenvalue weighted by molar-refractivity contribution is 0.0697. The minimum absolute atomic E-state index is 0.134. The molecule has 2 fully saturated rings. The summed E-state index contributed by atoms with van der Waals surface area (Å²) in [7, 11) is 0. The minimum Gasteiger partial charge on any atom is -0.489 e. The number of carboxylic acid groups (broad SMARTS) is 1. The maximum absolute atomic E-state index is 16.0. The molecule has 7 rings (SSSR count). The van der Waals surface area contributed by atoms with E-state index in [0.717, 1.165) is 57.1 Å². The first-order chi connectivity index (χ1) is 22.4. The average molecular weight is 731 g/mol. The number of rotatable bonds is 8. The van der Waals surface area contributed by atoms with Gasteiger partial charge in [-0.05, 0) is 107 Å². The number of carboxylic acids is 1. The largest absolute Gasteiger partial charge is 0.489 e. The Morgan fingerprint density at radius 3 is 2.48 bits per heavy atom. The Hall–Kier alpha value is -4.45. The molecule has 0 spiro atoms.